The molecular formula is C48H57ClFN9O4S. The lowest BCUT2D eigenvalue weighted by Crippen LogP contribution is -2.48. The van der Waals surface area contributed by atoms with Crippen molar-refractivity contribution in [1.29, 1.82) is 0 Å². The molecular weight excluding hydrogens is 853 g/mol. The fourth-order valence-electron chi connectivity index (χ4n) is 10.3. The van der Waals surface area contributed by atoms with Crippen LogP contribution in [-0.2, 0) is 20.9 Å². The molecule has 2 aromatic carbocycles. The third kappa shape index (κ3) is 10.4. The summed E-state index contributed by atoms with van der Waals surface area (Å²) in [7, 11) is 0. The second-order valence-corrected chi connectivity index (χ2v) is 19.4. The molecule has 64 heavy (non-hydrogen) atoms. The van der Waals surface area contributed by atoms with Gasteiger partial charge < -0.3 is 24.9 Å². The number of imide groups is 1. The minimum atomic E-state index is -0.676. The molecule has 1 atom stereocenters. The van der Waals surface area contributed by atoms with Gasteiger partial charge in [-0.15, -0.1) is 11.3 Å². The number of hydrogen-bond acceptors (Lipinski definition) is 11. The maximum atomic E-state index is 14.6. The molecule has 4 aromatic rings. The second-order valence-electron chi connectivity index (χ2n) is 18.1. The molecule has 13 nitrogen and oxygen atoms in total. The van der Waals surface area contributed by atoms with E-state index in [2.05, 4.69) is 59.5 Å². The number of anilines is 3. The molecule has 0 aliphatic carbocycles. The average Bonchev–Trinajstić information content (AvgIpc) is 3.83. The molecule has 0 radical (unpaired) electrons. The summed E-state index contributed by atoms with van der Waals surface area (Å²) in [6.45, 7) is 9.40. The maximum Gasteiger partial charge on any atom is 0.256 e. The van der Waals surface area contributed by atoms with E-state index in [0.717, 1.165) is 107 Å². The lowest BCUT2D eigenvalue weighted by atomic mass is 9.87. The van der Waals surface area contributed by atoms with E-state index in [4.69, 9.17) is 16.6 Å². The number of likely N-dealkylation sites (tertiary alicyclic amines) is 2. The van der Waals surface area contributed by atoms with Crippen molar-refractivity contribution in [2.24, 2.45) is 11.8 Å². The summed E-state index contributed by atoms with van der Waals surface area (Å²) in [5.41, 5.74) is 4.30. The number of carbonyl (C=O) groups excluding carboxylic acids is 4. The van der Waals surface area contributed by atoms with Crippen LogP contribution in [0, 0.1) is 17.7 Å². The number of thiazole rings is 1. The molecule has 0 saturated carbocycles. The highest BCUT2D eigenvalue weighted by Crippen LogP contribution is 2.34. The van der Waals surface area contributed by atoms with Gasteiger partial charge in [-0.3, -0.25) is 29.4 Å². The standard InChI is InChI=1S/C48H57ClFN9O4S/c49-41-3-1-2-40(44(41)50)47(63)59-25-23-56(24-26-59)31-37-28-36(29-42(52-37)53-48-51-16-27-64-48)33-14-21-58(22-15-33)46(62)35-12-17-55(18-13-35)30-32-10-19-57(20-11-32)38-6-4-34(5-7-38)39-8-9-43(60)54-45(39)61/h1-7,16,27-29,32-33,35,39H,8-15,17-26,30-31H2,(H,51,52,53)(H,54,60,61)/t39-/m1/s1. The zero-order chi connectivity index (χ0) is 44.2. The van der Waals surface area contributed by atoms with Gasteiger partial charge in [0.1, 0.15) is 5.82 Å². The van der Waals surface area contributed by atoms with Gasteiger partial charge in [-0.1, -0.05) is 29.8 Å². The fraction of sp³-hybridized carbons (Fsp3) is 0.500. The van der Waals surface area contributed by atoms with Gasteiger partial charge in [-0.05, 0) is 117 Å². The van der Waals surface area contributed by atoms with Crippen LogP contribution < -0.4 is 15.5 Å². The van der Waals surface area contributed by atoms with Crippen LogP contribution in [0.3, 0.4) is 0 Å². The number of piperazine rings is 1. The first-order valence-corrected chi connectivity index (χ1v) is 24.2. The van der Waals surface area contributed by atoms with Crippen LogP contribution in [-0.4, -0.2) is 125 Å². The number of piperidine rings is 4. The van der Waals surface area contributed by atoms with E-state index in [1.54, 1.807) is 17.2 Å². The Morgan fingerprint density at radius 1 is 0.812 bits per heavy atom. The van der Waals surface area contributed by atoms with Crippen molar-refractivity contribution in [3.63, 3.8) is 0 Å². The number of hydrogen-bond donors (Lipinski definition) is 2. The highest BCUT2D eigenvalue weighted by molar-refractivity contribution is 7.13. The molecule has 5 aliphatic rings. The van der Waals surface area contributed by atoms with Crippen molar-refractivity contribution >= 4 is 63.2 Å². The largest absolute Gasteiger partial charge is 0.372 e. The predicted molar refractivity (Wildman–Crippen MR) is 246 cm³/mol. The molecule has 9 rings (SSSR count). The van der Waals surface area contributed by atoms with E-state index in [-0.39, 0.29) is 40.1 Å². The minimum absolute atomic E-state index is 0.00169. The molecule has 0 unspecified atom stereocenters. The first-order chi connectivity index (χ1) is 31.1. The van der Waals surface area contributed by atoms with Gasteiger partial charge in [0.05, 0.1) is 22.2 Å². The van der Waals surface area contributed by atoms with Crippen LogP contribution in [0.25, 0.3) is 0 Å². The molecule has 5 saturated heterocycles. The Morgan fingerprint density at radius 3 is 2.27 bits per heavy atom. The zero-order valence-electron chi connectivity index (χ0n) is 36.2. The van der Waals surface area contributed by atoms with Crippen molar-refractivity contribution < 1.29 is 23.6 Å². The SMILES string of the molecule is O=C1CC[C@H](c2ccc(N3CCC(CN4CCC(C(=O)N5CCC(c6cc(CN7CCN(C(=O)c8cccc(Cl)c8F)CC7)nc(Nc7nccs7)c6)CC5)CC4)CC3)cc2)C(=O)N1. The number of nitrogens with zero attached hydrogens (tertiary/aromatic N) is 7. The molecule has 0 bridgehead atoms. The van der Waals surface area contributed by atoms with E-state index in [1.807, 2.05) is 17.5 Å². The molecule has 16 heteroatoms. The van der Waals surface area contributed by atoms with Gasteiger partial charge in [0.25, 0.3) is 5.91 Å². The van der Waals surface area contributed by atoms with Gasteiger partial charge in [-0.25, -0.2) is 14.4 Å². The third-order valence-electron chi connectivity index (χ3n) is 14.0. The Morgan fingerprint density at radius 2 is 1.56 bits per heavy atom. The first-order valence-electron chi connectivity index (χ1n) is 23.0. The van der Waals surface area contributed by atoms with Crippen LogP contribution in [0.2, 0.25) is 5.02 Å². The average molecular weight is 911 g/mol. The van der Waals surface area contributed by atoms with Gasteiger partial charge in [-0.2, -0.15) is 0 Å². The number of halogens is 2. The van der Waals surface area contributed by atoms with Crippen molar-refractivity contribution in [2.45, 2.75) is 69.7 Å². The van der Waals surface area contributed by atoms with E-state index < -0.39 is 5.82 Å². The van der Waals surface area contributed by atoms with Gasteiger partial charge in [0, 0.05) is 95.1 Å². The van der Waals surface area contributed by atoms with E-state index >= 15 is 0 Å². The Balaban J connectivity index is 0.728. The van der Waals surface area contributed by atoms with Crippen LogP contribution in [0.15, 0.2) is 66.2 Å². The molecule has 5 fully saturated rings. The normalized spacial score (nSPS) is 21.3. The van der Waals surface area contributed by atoms with Crippen molar-refractivity contribution in [3.05, 3.63) is 99.4 Å². The third-order valence-corrected chi connectivity index (χ3v) is 15.0. The zero-order valence-corrected chi connectivity index (χ0v) is 37.8. The van der Waals surface area contributed by atoms with Crippen LogP contribution in [0.5, 0.6) is 0 Å². The minimum Gasteiger partial charge on any atom is -0.372 e. The summed E-state index contributed by atoms with van der Waals surface area (Å²) in [5, 5.41) is 8.53. The highest BCUT2D eigenvalue weighted by atomic mass is 35.5. The summed E-state index contributed by atoms with van der Waals surface area (Å²) in [5.74, 6) is 0.436. The summed E-state index contributed by atoms with van der Waals surface area (Å²) >= 11 is 7.48. The number of amides is 4. The maximum absolute atomic E-state index is 14.6. The number of pyridine rings is 1. The number of aromatic nitrogens is 2. The number of nitrogens with one attached hydrogen (secondary N) is 2. The summed E-state index contributed by atoms with van der Waals surface area (Å²) in [6, 6.07) is 17.2. The predicted octanol–water partition coefficient (Wildman–Crippen LogP) is 6.89. The number of carbonyl (C=O) groups is 4. The fourth-order valence-corrected chi connectivity index (χ4v) is 11.0. The second kappa shape index (κ2) is 20.1. The molecule has 2 N–H and O–H groups in total. The van der Waals surface area contributed by atoms with Crippen molar-refractivity contribution in [1.82, 2.24) is 34.9 Å². The molecule has 4 amide bonds. The summed E-state index contributed by atoms with van der Waals surface area (Å²) in [6.07, 6.45) is 8.62. The first kappa shape index (κ1) is 44.3. The lowest BCUT2D eigenvalue weighted by molar-refractivity contribution is -0.138. The van der Waals surface area contributed by atoms with Crippen LogP contribution >= 0.6 is 22.9 Å². The number of rotatable bonds is 11. The Hall–Kier alpha value is -4.96. The smallest absolute Gasteiger partial charge is 0.256 e. The van der Waals surface area contributed by atoms with E-state index in [9.17, 15) is 23.6 Å². The summed E-state index contributed by atoms with van der Waals surface area (Å²) in [4.78, 5) is 71.4. The highest BCUT2D eigenvalue weighted by Gasteiger charge is 2.34. The van der Waals surface area contributed by atoms with Crippen molar-refractivity contribution in [2.75, 3.05) is 82.2 Å². The Kier molecular flexibility index (Phi) is 13.9. The van der Waals surface area contributed by atoms with E-state index in [1.165, 1.54) is 34.7 Å². The van der Waals surface area contributed by atoms with Crippen LogP contribution in [0.4, 0.5) is 21.0 Å². The van der Waals surface area contributed by atoms with Crippen molar-refractivity contribution in [3.8, 4) is 0 Å². The quantitative estimate of drug-likeness (QED) is 0.153. The van der Waals surface area contributed by atoms with Gasteiger partial charge >= 0.3 is 0 Å². The Labute approximate surface area is 383 Å². The lowest BCUT2D eigenvalue weighted by Gasteiger charge is -2.40. The van der Waals surface area contributed by atoms with Crippen LogP contribution in [0.1, 0.15) is 90.4 Å². The molecule has 2 aromatic heterocycles. The van der Waals surface area contributed by atoms with Gasteiger partial charge in [0.2, 0.25) is 17.7 Å². The van der Waals surface area contributed by atoms with E-state index in [0.29, 0.717) is 63.3 Å². The van der Waals surface area contributed by atoms with Gasteiger partial charge in [0.15, 0.2) is 10.9 Å². The topological polar surface area (TPSA) is 134 Å². The number of benzene rings is 2. The molecule has 5 aliphatic heterocycles. The molecule has 0 spiro atoms. The summed E-state index contributed by atoms with van der Waals surface area (Å²) < 4.78 is 14.6. The Bertz CT molecular complexity index is 2290. The monoisotopic (exact) mass is 909 g/mol. The molecule has 7 heterocycles. The molecule has 338 valence electrons.